The van der Waals surface area contributed by atoms with Gasteiger partial charge in [0, 0.05) is 18.8 Å². The van der Waals surface area contributed by atoms with Crippen LogP contribution in [-0.4, -0.2) is 49.1 Å². The second-order valence-electron chi connectivity index (χ2n) is 5.86. The molecule has 126 valence electrons. The molecule has 1 aromatic carbocycles. The van der Waals surface area contributed by atoms with E-state index in [1.54, 1.807) is 36.3 Å². The van der Waals surface area contributed by atoms with E-state index in [1.165, 1.54) is 0 Å². The lowest BCUT2D eigenvalue weighted by Gasteiger charge is -2.32. The third kappa shape index (κ3) is 4.96. The summed E-state index contributed by atoms with van der Waals surface area (Å²) in [6.45, 7) is 5.10. The van der Waals surface area contributed by atoms with Gasteiger partial charge in [-0.15, -0.1) is 0 Å². The maximum absolute atomic E-state index is 12.2. The molecule has 1 heterocycles. The highest BCUT2D eigenvalue weighted by Gasteiger charge is 2.27. The first-order valence-electron chi connectivity index (χ1n) is 7.89. The summed E-state index contributed by atoms with van der Waals surface area (Å²) in [5, 5.41) is 2.62. The number of nitrogens with one attached hydrogen (secondary N) is 1. The highest BCUT2D eigenvalue weighted by molar-refractivity contribution is 6.39. The lowest BCUT2D eigenvalue weighted by atomic mass is 10.1. The van der Waals surface area contributed by atoms with Gasteiger partial charge < -0.3 is 19.7 Å². The van der Waals surface area contributed by atoms with Crippen molar-refractivity contribution in [2.45, 2.75) is 38.9 Å². The van der Waals surface area contributed by atoms with E-state index in [2.05, 4.69) is 5.32 Å². The standard InChI is InChI=1S/C17H24N2O4/c1-12(2)23-15-8-10-19(11-9-15)17(21)16(20)18-13-4-6-14(22-3)7-5-13/h4-7,12,15H,8-11H2,1-3H3,(H,18,20). The van der Waals surface area contributed by atoms with Crippen LogP contribution in [0.1, 0.15) is 26.7 Å². The van der Waals surface area contributed by atoms with Gasteiger partial charge in [0.2, 0.25) is 0 Å². The molecule has 0 spiro atoms. The first-order chi connectivity index (χ1) is 11.0. The number of carbonyl (C=O) groups excluding carboxylic acids is 2. The molecule has 0 radical (unpaired) electrons. The second kappa shape index (κ2) is 7.97. The summed E-state index contributed by atoms with van der Waals surface area (Å²) in [6, 6.07) is 6.86. The van der Waals surface area contributed by atoms with Crippen LogP contribution in [0.2, 0.25) is 0 Å². The molecular weight excluding hydrogens is 296 g/mol. The Morgan fingerprint density at radius 3 is 2.30 bits per heavy atom. The smallest absolute Gasteiger partial charge is 0.313 e. The van der Waals surface area contributed by atoms with E-state index in [4.69, 9.17) is 9.47 Å². The Labute approximate surface area is 136 Å². The van der Waals surface area contributed by atoms with Crippen molar-refractivity contribution in [3.05, 3.63) is 24.3 Å². The molecule has 0 atom stereocenters. The number of nitrogens with zero attached hydrogens (tertiary/aromatic N) is 1. The van der Waals surface area contributed by atoms with Gasteiger partial charge in [-0.2, -0.15) is 0 Å². The molecule has 6 heteroatoms. The average molecular weight is 320 g/mol. The monoisotopic (exact) mass is 320 g/mol. The van der Waals surface area contributed by atoms with E-state index < -0.39 is 11.8 Å². The Morgan fingerprint density at radius 1 is 1.17 bits per heavy atom. The van der Waals surface area contributed by atoms with Gasteiger partial charge in [0.05, 0.1) is 19.3 Å². The van der Waals surface area contributed by atoms with Gasteiger partial charge in [-0.3, -0.25) is 9.59 Å². The van der Waals surface area contributed by atoms with Gasteiger partial charge >= 0.3 is 11.8 Å². The van der Waals surface area contributed by atoms with Crippen molar-refractivity contribution in [3.8, 4) is 5.75 Å². The van der Waals surface area contributed by atoms with Crippen molar-refractivity contribution in [1.29, 1.82) is 0 Å². The summed E-state index contributed by atoms with van der Waals surface area (Å²) in [5.41, 5.74) is 0.571. The Kier molecular flexibility index (Phi) is 5.98. The number of hydrogen-bond donors (Lipinski definition) is 1. The summed E-state index contributed by atoms with van der Waals surface area (Å²) in [7, 11) is 1.57. The van der Waals surface area contributed by atoms with E-state index in [1.807, 2.05) is 13.8 Å². The van der Waals surface area contributed by atoms with E-state index in [0.29, 0.717) is 24.5 Å². The average Bonchev–Trinajstić information content (AvgIpc) is 2.55. The number of piperidine rings is 1. The third-order valence-corrected chi connectivity index (χ3v) is 3.74. The fourth-order valence-corrected chi connectivity index (χ4v) is 2.58. The molecule has 1 saturated heterocycles. The van der Waals surface area contributed by atoms with Crippen LogP contribution in [0.4, 0.5) is 5.69 Å². The maximum Gasteiger partial charge on any atom is 0.313 e. The quantitative estimate of drug-likeness (QED) is 0.862. The Hall–Kier alpha value is -2.08. The van der Waals surface area contributed by atoms with E-state index in [9.17, 15) is 9.59 Å². The summed E-state index contributed by atoms with van der Waals surface area (Å²) < 4.78 is 10.8. The van der Waals surface area contributed by atoms with E-state index in [0.717, 1.165) is 12.8 Å². The Bertz CT molecular complexity index is 534. The number of anilines is 1. The first kappa shape index (κ1) is 17.3. The number of rotatable bonds is 4. The van der Waals surface area contributed by atoms with E-state index >= 15 is 0 Å². The molecule has 0 aliphatic carbocycles. The Balaban J connectivity index is 1.84. The highest BCUT2D eigenvalue weighted by Crippen LogP contribution is 2.17. The minimum absolute atomic E-state index is 0.170. The summed E-state index contributed by atoms with van der Waals surface area (Å²) in [4.78, 5) is 25.8. The van der Waals surface area contributed by atoms with Crippen LogP contribution in [0.25, 0.3) is 0 Å². The molecule has 0 saturated carbocycles. The largest absolute Gasteiger partial charge is 0.497 e. The van der Waals surface area contributed by atoms with Crippen LogP contribution >= 0.6 is 0 Å². The van der Waals surface area contributed by atoms with Crippen LogP contribution < -0.4 is 10.1 Å². The van der Waals surface area contributed by atoms with E-state index in [-0.39, 0.29) is 12.2 Å². The van der Waals surface area contributed by atoms with Crippen molar-refractivity contribution < 1.29 is 19.1 Å². The summed E-state index contributed by atoms with van der Waals surface area (Å²) in [5.74, 6) is -0.413. The van der Waals surface area contributed by atoms with Gasteiger partial charge in [-0.25, -0.2) is 0 Å². The van der Waals surface area contributed by atoms with Crippen molar-refractivity contribution in [2.24, 2.45) is 0 Å². The minimum Gasteiger partial charge on any atom is -0.497 e. The molecule has 1 aliphatic heterocycles. The molecule has 23 heavy (non-hydrogen) atoms. The Morgan fingerprint density at radius 2 is 1.78 bits per heavy atom. The van der Waals surface area contributed by atoms with Crippen molar-refractivity contribution in [1.82, 2.24) is 4.90 Å². The molecule has 1 fully saturated rings. The van der Waals surface area contributed by atoms with Crippen LogP contribution in [0.5, 0.6) is 5.75 Å². The minimum atomic E-state index is -0.613. The summed E-state index contributed by atoms with van der Waals surface area (Å²) >= 11 is 0. The molecule has 2 rings (SSSR count). The van der Waals surface area contributed by atoms with Crippen molar-refractivity contribution in [2.75, 3.05) is 25.5 Å². The predicted molar refractivity (Wildman–Crippen MR) is 87.4 cm³/mol. The maximum atomic E-state index is 12.2. The molecule has 2 amide bonds. The van der Waals surface area contributed by atoms with Gasteiger partial charge in [0.15, 0.2) is 0 Å². The van der Waals surface area contributed by atoms with Crippen LogP contribution in [0.3, 0.4) is 0 Å². The number of hydrogen-bond acceptors (Lipinski definition) is 4. The van der Waals surface area contributed by atoms with Gasteiger partial charge in [-0.1, -0.05) is 0 Å². The SMILES string of the molecule is COc1ccc(NC(=O)C(=O)N2CCC(OC(C)C)CC2)cc1. The number of benzene rings is 1. The number of amides is 2. The highest BCUT2D eigenvalue weighted by atomic mass is 16.5. The number of ether oxygens (including phenoxy) is 2. The second-order valence-corrected chi connectivity index (χ2v) is 5.86. The molecule has 0 unspecified atom stereocenters. The van der Waals surface area contributed by atoms with Gasteiger partial charge in [0.25, 0.3) is 0 Å². The van der Waals surface area contributed by atoms with Gasteiger partial charge in [-0.05, 0) is 51.0 Å². The van der Waals surface area contributed by atoms with Crippen LogP contribution in [-0.2, 0) is 14.3 Å². The molecule has 0 aromatic heterocycles. The lowest BCUT2D eigenvalue weighted by Crippen LogP contribution is -2.46. The number of carbonyl (C=O) groups is 2. The molecule has 1 aromatic rings. The fraction of sp³-hybridized carbons (Fsp3) is 0.529. The fourth-order valence-electron chi connectivity index (χ4n) is 2.58. The topological polar surface area (TPSA) is 67.9 Å². The number of methoxy groups -OCH3 is 1. The normalized spacial score (nSPS) is 15.6. The first-order valence-corrected chi connectivity index (χ1v) is 7.89. The zero-order valence-corrected chi connectivity index (χ0v) is 13.9. The number of likely N-dealkylation sites (tertiary alicyclic amines) is 1. The van der Waals surface area contributed by atoms with Crippen molar-refractivity contribution >= 4 is 17.5 Å². The zero-order valence-electron chi connectivity index (χ0n) is 13.9. The van der Waals surface area contributed by atoms with Crippen LogP contribution in [0, 0.1) is 0 Å². The third-order valence-electron chi connectivity index (χ3n) is 3.74. The van der Waals surface area contributed by atoms with Crippen LogP contribution in [0.15, 0.2) is 24.3 Å². The zero-order chi connectivity index (χ0) is 16.8. The predicted octanol–water partition coefficient (Wildman–Crippen LogP) is 2.05. The molecular formula is C17H24N2O4. The lowest BCUT2D eigenvalue weighted by molar-refractivity contribution is -0.145. The van der Waals surface area contributed by atoms with Gasteiger partial charge in [0.1, 0.15) is 5.75 Å². The molecule has 1 aliphatic rings. The molecule has 6 nitrogen and oxygen atoms in total. The molecule has 0 bridgehead atoms. The van der Waals surface area contributed by atoms with Crippen molar-refractivity contribution in [3.63, 3.8) is 0 Å². The summed E-state index contributed by atoms with van der Waals surface area (Å²) in [6.07, 6.45) is 1.88. The molecule has 1 N–H and O–H groups in total.